The molecule has 0 heterocycles. The smallest absolute Gasteiger partial charge is 0.416 e. The van der Waals surface area contributed by atoms with Gasteiger partial charge in [0.25, 0.3) is 0 Å². The molecule has 0 aliphatic carbocycles. The zero-order valence-corrected chi connectivity index (χ0v) is 13.1. The molecule has 0 unspecified atom stereocenters. The van der Waals surface area contributed by atoms with Crippen molar-refractivity contribution in [2.24, 2.45) is 5.16 Å². The number of nitrogens with zero attached hydrogens (tertiary/aromatic N) is 1. The summed E-state index contributed by atoms with van der Waals surface area (Å²) >= 11 is 0. The predicted octanol–water partition coefficient (Wildman–Crippen LogP) is 4.14. The number of alkyl halides is 3. The van der Waals surface area contributed by atoms with Crippen molar-refractivity contribution >= 4 is 5.71 Å². The zero-order chi connectivity index (χ0) is 17.6. The Labute approximate surface area is 137 Å². The number of benzene rings is 2. The summed E-state index contributed by atoms with van der Waals surface area (Å²) in [6.45, 7) is -0.0402. The van der Waals surface area contributed by atoms with E-state index in [4.69, 9.17) is 14.3 Å². The SMILES string of the molecule is CO/N=C(/COc1cccc(C(F)(F)F)c1)c1ccc(OC)cc1. The Morgan fingerprint density at radius 1 is 1.00 bits per heavy atom. The summed E-state index contributed by atoms with van der Waals surface area (Å²) in [6.07, 6.45) is -4.42. The van der Waals surface area contributed by atoms with Gasteiger partial charge in [-0.05, 0) is 42.5 Å². The van der Waals surface area contributed by atoms with Gasteiger partial charge in [-0.15, -0.1) is 0 Å². The van der Waals surface area contributed by atoms with Gasteiger partial charge < -0.3 is 14.3 Å². The number of oxime groups is 1. The Hall–Kier alpha value is -2.70. The van der Waals surface area contributed by atoms with Gasteiger partial charge in [-0.3, -0.25) is 0 Å². The first-order chi connectivity index (χ1) is 11.4. The van der Waals surface area contributed by atoms with Crippen molar-refractivity contribution in [3.05, 3.63) is 59.7 Å². The van der Waals surface area contributed by atoms with Crippen molar-refractivity contribution in [1.82, 2.24) is 0 Å². The Kier molecular flexibility index (Phi) is 5.68. The van der Waals surface area contributed by atoms with Crippen LogP contribution in [0.25, 0.3) is 0 Å². The van der Waals surface area contributed by atoms with Crippen LogP contribution in [0.2, 0.25) is 0 Å². The lowest BCUT2D eigenvalue weighted by molar-refractivity contribution is -0.137. The second-order valence-electron chi connectivity index (χ2n) is 4.76. The molecule has 0 radical (unpaired) electrons. The largest absolute Gasteiger partial charge is 0.497 e. The number of methoxy groups -OCH3 is 1. The minimum Gasteiger partial charge on any atom is -0.497 e. The van der Waals surface area contributed by atoms with E-state index in [9.17, 15) is 13.2 Å². The topological polar surface area (TPSA) is 40.0 Å². The summed E-state index contributed by atoms with van der Waals surface area (Å²) in [6, 6.07) is 11.7. The van der Waals surface area contributed by atoms with Gasteiger partial charge in [0.2, 0.25) is 0 Å². The first kappa shape index (κ1) is 17.7. The van der Waals surface area contributed by atoms with Gasteiger partial charge in [0.05, 0.1) is 12.7 Å². The summed E-state index contributed by atoms with van der Waals surface area (Å²) in [5.74, 6) is 0.774. The standard InChI is InChI=1S/C17H16F3NO3/c1-22-14-8-6-12(7-9-14)16(21-23-2)11-24-15-5-3-4-13(10-15)17(18,19)20/h3-10H,11H2,1-2H3/b21-16-. The molecular formula is C17H16F3NO3. The van der Waals surface area contributed by atoms with Crippen molar-refractivity contribution < 1.29 is 27.5 Å². The Bertz CT molecular complexity index is 697. The minimum atomic E-state index is -4.42. The van der Waals surface area contributed by atoms with Crippen LogP contribution in [-0.4, -0.2) is 26.5 Å². The quantitative estimate of drug-likeness (QED) is 0.586. The average Bonchev–Trinajstić information content (AvgIpc) is 2.58. The molecule has 24 heavy (non-hydrogen) atoms. The number of halogens is 3. The van der Waals surface area contributed by atoms with Crippen LogP contribution in [0.1, 0.15) is 11.1 Å². The highest BCUT2D eigenvalue weighted by Gasteiger charge is 2.30. The third-order valence-corrected chi connectivity index (χ3v) is 3.16. The van der Waals surface area contributed by atoms with Crippen LogP contribution < -0.4 is 9.47 Å². The van der Waals surface area contributed by atoms with E-state index in [0.717, 1.165) is 12.1 Å². The van der Waals surface area contributed by atoms with Crippen LogP contribution in [0.15, 0.2) is 53.7 Å². The lowest BCUT2D eigenvalue weighted by Crippen LogP contribution is -2.14. The summed E-state index contributed by atoms with van der Waals surface area (Å²) in [5, 5.41) is 3.86. The number of ether oxygens (including phenoxy) is 2. The highest BCUT2D eigenvalue weighted by atomic mass is 19.4. The molecule has 0 aromatic heterocycles. The molecule has 0 aliphatic heterocycles. The van der Waals surface area contributed by atoms with Gasteiger partial charge in [-0.2, -0.15) is 13.2 Å². The van der Waals surface area contributed by atoms with E-state index < -0.39 is 11.7 Å². The van der Waals surface area contributed by atoms with Crippen molar-refractivity contribution in [3.8, 4) is 11.5 Å². The minimum absolute atomic E-state index is 0.0402. The molecule has 128 valence electrons. The van der Waals surface area contributed by atoms with Gasteiger partial charge in [0, 0.05) is 5.56 Å². The van der Waals surface area contributed by atoms with Gasteiger partial charge >= 0.3 is 6.18 Å². The molecule has 0 aliphatic rings. The van der Waals surface area contributed by atoms with Crippen LogP contribution in [0.3, 0.4) is 0 Å². The molecule has 0 N–H and O–H groups in total. The molecular weight excluding hydrogens is 323 g/mol. The summed E-state index contributed by atoms with van der Waals surface area (Å²) in [5.41, 5.74) is 0.386. The second kappa shape index (κ2) is 7.72. The number of hydrogen-bond acceptors (Lipinski definition) is 4. The van der Waals surface area contributed by atoms with Crippen molar-refractivity contribution in [2.45, 2.75) is 6.18 Å². The Morgan fingerprint density at radius 2 is 1.71 bits per heavy atom. The van der Waals surface area contributed by atoms with E-state index in [1.54, 1.807) is 31.4 Å². The zero-order valence-electron chi connectivity index (χ0n) is 13.1. The fourth-order valence-electron chi connectivity index (χ4n) is 1.97. The normalized spacial score (nSPS) is 12.0. The summed E-state index contributed by atoms with van der Waals surface area (Å²) < 4.78 is 48.6. The lowest BCUT2D eigenvalue weighted by atomic mass is 10.1. The van der Waals surface area contributed by atoms with Crippen molar-refractivity contribution in [2.75, 3.05) is 20.8 Å². The van der Waals surface area contributed by atoms with Crippen molar-refractivity contribution in [1.29, 1.82) is 0 Å². The van der Waals surface area contributed by atoms with Crippen LogP contribution in [0, 0.1) is 0 Å². The number of rotatable bonds is 6. The third-order valence-electron chi connectivity index (χ3n) is 3.16. The van der Waals surface area contributed by atoms with Gasteiger partial charge in [0.15, 0.2) is 0 Å². The third kappa shape index (κ3) is 4.65. The van der Waals surface area contributed by atoms with Crippen molar-refractivity contribution in [3.63, 3.8) is 0 Å². The lowest BCUT2D eigenvalue weighted by Gasteiger charge is -2.11. The molecule has 0 spiro atoms. The average molecular weight is 339 g/mol. The molecule has 2 rings (SSSR count). The first-order valence-electron chi connectivity index (χ1n) is 6.98. The van der Waals surface area contributed by atoms with E-state index in [-0.39, 0.29) is 12.4 Å². The van der Waals surface area contributed by atoms with Gasteiger partial charge in [0.1, 0.15) is 30.9 Å². The molecule has 0 fully saturated rings. The van der Waals surface area contributed by atoms with E-state index in [1.165, 1.54) is 19.2 Å². The Balaban J connectivity index is 2.13. The highest BCUT2D eigenvalue weighted by molar-refractivity contribution is 6.01. The number of hydrogen-bond donors (Lipinski definition) is 0. The van der Waals surface area contributed by atoms with E-state index in [1.807, 2.05) is 0 Å². The van der Waals surface area contributed by atoms with Crippen LogP contribution >= 0.6 is 0 Å². The maximum atomic E-state index is 12.7. The summed E-state index contributed by atoms with van der Waals surface area (Å²) in [4.78, 5) is 4.78. The molecule has 2 aromatic carbocycles. The van der Waals surface area contributed by atoms with E-state index in [0.29, 0.717) is 17.0 Å². The molecule has 0 saturated heterocycles. The molecule has 0 bridgehead atoms. The maximum absolute atomic E-state index is 12.7. The van der Waals surface area contributed by atoms with Crippen LogP contribution in [-0.2, 0) is 11.0 Å². The summed E-state index contributed by atoms with van der Waals surface area (Å²) in [7, 11) is 2.93. The van der Waals surface area contributed by atoms with Gasteiger partial charge in [-0.25, -0.2) is 0 Å². The fraction of sp³-hybridized carbons (Fsp3) is 0.235. The van der Waals surface area contributed by atoms with Gasteiger partial charge in [-0.1, -0.05) is 11.2 Å². The molecule has 4 nitrogen and oxygen atoms in total. The molecule has 0 amide bonds. The van der Waals surface area contributed by atoms with E-state index >= 15 is 0 Å². The molecule has 7 heteroatoms. The van der Waals surface area contributed by atoms with E-state index in [2.05, 4.69) is 5.16 Å². The molecule has 0 saturated carbocycles. The highest BCUT2D eigenvalue weighted by Crippen LogP contribution is 2.31. The maximum Gasteiger partial charge on any atom is 0.416 e. The van der Waals surface area contributed by atoms with Crippen LogP contribution in [0.5, 0.6) is 11.5 Å². The fourth-order valence-corrected chi connectivity index (χ4v) is 1.97. The Morgan fingerprint density at radius 3 is 2.29 bits per heavy atom. The van der Waals surface area contributed by atoms with Crippen LogP contribution in [0.4, 0.5) is 13.2 Å². The monoisotopic (exact) mass is 339 g/mol. The molecule has 2 aromatic rings. The molecule has 0 atom stereocenters. The first-order valence-corrected chi connectivity index (χ1v) is 6.98. The second-order valence-corrected chi connectivity index (χ2v) is 4.76. The predicted molar refractivity (Wildman–Crippen MR) is 83.5 cm³/mol.